The molecule has 3 nitrogen and oxygen atoms in total. The van der Waals surface area contributed by atoms with Crippen LogP contribution in [0.2, 0.25) is 0 Å². The third-order valence-electron chi connectivity index (χ3n) is 2.92. The molecular formula is C12H15NO2S. The highest BCUT2D eigenvalue weighted by Crippen LogP contribution is 2.23. The fourth-order valence-corrected chi connectivity index (χ4v) is 2.20. The van der Waals surface area contributed by atoms with Gasteiger partial charge in [0.2, 0.25) is 0 Å². The van der Waals surface area contributed by atoms with Gasteiger partial charge in [0.05, 0.1) is 7.11 Å². The van der Waals surface area contributed by atoms with E-state index in [0.717, 1.165) is 25.1 Å². The molecule has 0 atom stereocenters. The number of rotatable bonds is 1. The number of methoxy groups -OCH3 is 1. The minimum Gasteiger partial charge on any atom is -0.497 e. The molecule has 0 N–H and O–H groups in total. The molecule has 0 saturated heterocycles. The van der Waals surface area contributed by atoms with Gasteiger partial charge in [-0.15, -0.1) is 0 Å². The summed E-state index contributed by atoms with van der Waals surface area (Å²) in [6.45, 7) is 1.43. The molecular weight excluding hydrogens is 222 g/mol. The van der Waals surface area contributed by atoms with E-state index in [1.807, 2.05) is 12.1 Å². The monoisotopic (exact) mass is 237 g/mol. The van der Waals surface area contributed by atoms with Gasteiger partial charge in [-0.25, -0.2) is 0 Å². The van der Waals surface area contributed by atoms with E-state index in [1.165, 1.54) is 11.1 Å². The summed E-state index contributed by atoms with van der Waals surface area (Å²) in [7, 11) is 1.67. The summed E-state index contributed by atoms with van der Waals surface area (Å²) in [5.74, 6) is 0.879. The Kier molecular flexibility index (Phi) is 3.39. The second kappa shape index (κ2) is 4.78. The maximum Gasteiger partial charge on any atom is 0.278 e. The number of carbonyl (C=O) groups is 1. The normalized spacial score (nSPS) is 15.2. The van der Waals surface area contributed by atoms with Crippen molar-refractivity contribution in [1.29, 1.82) is 0 Å². The molecule has 1 aliphatic rings. The standard InChI is InChI=1S/C12H15NO2S/c1-15-11-5-4-10-8-13(12(14)16)6-2-3-9(10)7-11/h4-5,7H,2-3,6,8H2,1H3,(H,14,16). The Labute approximate surface area is 101 Å². The first-order valence-corrected chi connectivity index (χ1v) is 5.79. The highest BCUT2D eigenvalue weighted by Gasteiger charge is 2.16. The number of carbonyl (C=O) groups excluding carboxylic acids is 1. The van der Waals surface area contributed by atoms with Gasteiger partial charge in [-0.3, -0.25) is 4.79 Å². The van der Waals surface area contributed by atoms with Gasteiger partial charge in [0.15, 0.2) is 0 Å². The number of benzene rings is 1. The maximum atomic E-state index is 11.2. The predicted octanol–water partition coefficient (Wildman–Crippen LogP) is 2.49. The molecule has 0 bridgehead atoms. The molecule has 0 saturated carbocycles. The molecule has 1 amide bonds. The number of hydrogen-bond acceptors (Lipinski definition) is 2. The van der Waals surface area contributed by atoms with Crippen LogP contribution < -0.4 is 4.74 Å². The van der Waals surface area contributed by atoms with E-state index >= 15 is 0 Å². The number of nitrogens with zero attached hydrogens (tertiary/aromatic N) is 1. The highest BCUT2D eigenvalue weighted by atomic mass is 32.1. The molecule has 0 radical (unpaired) electrons. The number of aryl methyl sites for hydroxylation is 1. The molecule has 1 heterocycles. The minimum absolute atomic E-state index is 0.149. The molecule has 16 heavy (non-hydrogen) atoms. The van der Waals surface area contributed by atoms with Crippen molar-refractivity contribution in [2.75, 3.05) is 13.7 Å². The van der Waals surface area contributed by atoms with Crippen molar-refractivity contribution >= 4 is 17.9 Å². The Morgan fingerprint density at radius 2 is 2.25 bits per heavy atom. The van der Waals surface area contributed by atoms with E-state index in [-0.39, 0.29) is 5.24 Å². The lowest BCUT2D eigenvalue weighted by Gasteiger charge is -2.17. The lowest BCUT2D eigenvalue weighted by molar-refractivity contribution is 0.222. The first kappa shape index (κ1) is 11.3. The van der Waals surface area contributed by atoms with Gasteiger partial charge < -0.3 is 9.64 Å². The zero-order chi connectivity index (χ0) is 11.5. The van der Waals surface area contributed by atoms with Gasteiger partial charge in [0.1, 0.15) is 5.75 Å². The van der Waals surface area contributed by atoms with E-state index < -0.39 is 0 Å². The highest BCUT2D eigenvalue weighted by molar-refractivity contribution is 7.96. The van der Waals surface area contributed by atoms with Crippen LogP contribution in [0.15, 0.2) is 18.2 Å². The second-order valence-corrected chi connectivity index (χ2v) is 4.32. The number of hydrogen-bond donors (Lipinski definition) is 1. The van der Waals surface area contributed by atoms with E-state index in [2.05, 4.69) is 18.7 Å². The fourth-order valence-electron chi connectivity index (χ4n) is 2.02. The summed E-state index contributed by atoms with van der Waals surface area (Å²) in [5, 5.41) is -0.149. The Morgan fingerprint density at radius 3 is 2.94 bits per heavy atom. The van der Waals surface area contributed by atoms with Crippen LogP contribution in [0.5, 0.6) is 5.75 Å². The molecule has 0 aromatic heterocycles. The van der Waals surface area contributed by atoms with Crippen LogP contribution in [0.4, 0.5) is 4.79 Å². The van der Waals surface area contributed by atoms with Gasteiger partial charge >= 0.3 is 0 Å². The lowest BCUT2D eigenvalue weighted by Crippen LogP contribution is -2.25. The van der Waals surface area contributed by atoms with Crippen molar-refractivity contribution in [3.05, 3.63) is 29.3 Å². The molecule has 0 fully saturated rings. The van der Waals surface area contributed by atoms with Gasteiger partial charge in [-0.1, -0.05) is 18.7 Å². The van der Waals surface area contributed by atoms with Gasteiger partial charge in [0.25, 0.3) is 5.24 Å². The Bertz CT molecular complexity index is 406. The second-order valence-electron chi connectivity index (χ2n) is 3.94. The third kappa shape index (κ3) is 2.32. The predicted molar refractivity (Wildman–Crippen MR) is 66.1 cm³/mol. The van der Waals surface area contributed by atoms with Crippen LogP contribution in [0.1, 0.15) is 17.5 Å². The van der Waals surface area contributed by atoms with Crippen molar-refractivity contribution in [3.8, 4) is 5.75 Å². The zero-order valence-electron chi connectivity index (χ0n) is 9.27. The van der Waals surface area contributed by atoms with Crippen molar-refractivity contribution < 1.29 is 9.53 Å². The van der Waals surface area contributed by atoms with Crippen molar-refractivity contribution in [2.45, 2.75) is 19.4 Å². The maximum absolute atomic E-state index is 11.2. The molecule has 1 aliphatic heterocycles. The fraction of sp³-hybridized carbons (Fsp3) is 0.417. The number of ether oxygens (including phenoxy) is 1. The Morgan fingerprint density at radius 1 is 1.44 bits per heavy atom. The summed E-state index contributed by atoms with van der Waals surface area (Å²) in [6, 6.07) is 6.02. The van der Waals surface area contributed by atoms with E-state index in [9.17, 15) is 4.79 Å². The van der Waals surface area contributed by atoms with Crippen molar-refractivity contribution in [3.63, 3.8) is 0 Å². The van der Waals surface area contributed by atoms with Crippen LogP contribution in [0, 0.1) is 0 Å². The number of fused-ring (bicyclic) bond motifs is 1. The van der Waals surface area contributed by atoms with Crippen LogP contribution in [0.3, 0.4) is 0 Å². The van der Waals surface area contributed by atoms with Crippen LogP contribution >= 0.6 is 12.6 Å². The topological polar surface area (TPSA) is 29.5 Å². The Hall–Kier alpha value is -1.16. The summed E-state index contributed by atoms with van der Waals surface area (Å²) < 4.78 is 5.20. The van der Waals surface area contributed by atoms with E-state index in [0.29, 0.717) is 6.54 Å². The van der Waals surface area contributed by atoms with E-state index in [1.54, 1.807) is 12.0 Å². The summed E-state index contributed by atoms with van der Waals surface area (Å²) in [5.41, 5.74) is 2.47. The number of thiol groups is 1. The number of amides is 1. The average molecular weight is 237 g/mol. The quantitative estimate of drug-likeness (QED) is 0.760. The van der Waals surface area contributed by atoms with Gasteiger partial charge in [-0.2, -0.15) is 0 Å². The average Bonchev–Trinajstić information content (AvgIpc) is 2.49. The smallest absolute Gasteiger partial charge is 0.278 e. The van der Waals surface area contributed by atoms with Gasteiger partial charge in [0, 0.05) is 13.1 Å². The molecule has 1 aromatic rings. The largest absolute Gasteiger partial charge is 0.497 e. The zero-order valence-corrected chi connectivity index (χ0v) is 10.2. The molecule has 86 valence electrons. The Balaban J connectivity index is 2.27. The van der Waals surface area contributed by atoms with Crippen LogP contribution in [0.25, 0.3) is 0 Å². The lowest BCUT2D eigenvalue weighted by atomic mass is 10.0. The third-order valence-corrected chi connectivity index (χ3v) is 3.20. The molecule has 1 aromatic carbocycles. The summed E-state index contributed by atoms with van der Waals surface area (Å²) in [6.07, 6.45) is 1.97. The molecule has 0 aliphatic carbocycles. The molecule has 0 spiro atoms. The van der Waals surface area contributed by atoms with Crippen LogP contribution in [-0.4, -0.2) is 23.8 Å². The molecule has 2 rings (SSSR count). The SMILES string of the molecule is COc1ccc2c(c1)CCCN(C(=O)S)C2. The summed E-state index contributed by atoms with van der Waals surface area (Å²) >= 11 is 3.88. The molecule has 4 heteroatoms. The minimum atomic E-state index is -0.149. The first-order chi connectivity index (χ1) is 7.70. The van der Waals surface area contributed by atoms with Crippen LogP contribution in [-0.2, 0) is 13.0 Å². The summed E-state index contributed by atoms with van der Waals surface area (Å²) in [4.78, 5) is 13.0. The van der Waals surface area contributed by atoms with Crippen molar-refractivity contribution in [2.24, 2.45) is 0 Å². The van der Waals surface area contributed by atoms with Crippen molar-refractivity contribution in [1.82, 2.24) is 4.90 Å². The van der Waals surface area contributed by atoms with Gasteiger partial charge in [-0.05, 0) is 36.1 Å². The first-order valence-electron chi connectivity index (χ1n) is 5.34. The van der Waals surface area contributed by atoms with E-state index in [4.69, 9.17) is 4.74 Å². The molecule has 0 unspecified atom stereocenters.